The number of carbonyl (C=O) groups is 1. The van der Waals surface area contributed by atoms with Crippen molar-refractivity contribution in [2.24, 2.45) is 0 Å². The van der Waals surface area contributed by atoms with Gasteiger partial charge in [-0.3, -0.25) is 4.79 Å². The number of aldehydes is 1. The van der Waals surface area contributed by atoms with E-state index in [1.807, 2.05) is 6.92 Å². The van der Waals surface area contributed by atoms with Crippen LogP contribution < -0.4 is 0 Å². The highest BCUT2D eigenvalue weighted by atomic mass is 32.2. The molecule has 0 aromatic heterocycles. The van der Waals surface area contributed by atoms with E-state index in [2.05, 4.69) is 0 Å². The maximum Gasteiger partial charge on any atom is 0.154 e. The Hall–Kier alpha value is -0.870. The smallest absolute Gasteiger partial charge is 0.154 e. The first-order valence-electron chi connectivity index (χ1n) is 4.20. The van der Waals surface area contributed by atoms with E-state index in [0.29, 0.717) is 11.2 Å². The van der Waals surface area contributed by atoms with Crippen LogP contribution in [0.1, 0.15) is 17.3 Å². The molecule has 0 spiro atoms. The highest BCUT2D eigenvalue weighted by molar-refractivity contribution is 8.00. The van der Waals surface area contributed by atoms with Gasteiger partial charge in [0.15, 0.2) is 6.29 Å². The predicted octanol–water partition coefficient (Wildman–Crippen LogP) is 2.11. The van der Waals surface area contributed by atoms with Crippen molar-refractivity contribution in [3.05, 3.63) is 29.6 Å². The molecule has 1 N–H and O–H groups in total. The van der Waals surface area contributed by atoms with Crippen LogP contribution >= 0.6 is 11.8 Å². The third-order valence-electron chi connectivity index (χ3n) is 1.72. The van der Waals surface area contributed by atoms with Gasteiger partial charge in [0.2, 0.25) is 0 Å². The number of halogens is 1. The predicted molar refractivity (Wildman–Crippen MR) is 54.2 cm³/mol. The third kappa shape index (κ3) is 2.56. The summed E-state index contributed by atoms with van der Waals surface area (Å²) < 4.78 is 13.1. The van der Waals surface area contributed by atoms with Crippen molar-refractivity contribution >= 4 is 18.0 Å². The number of aliphatic hydroxyl groups is 1. The summed E-state index contributed by atoms with van der Waals surface area (Å²) in [6.45, 7) is 1.81. The molecule has 14 heavy (non-hydrogen) atoms. The van der Waals surface area contributed by atoms with Crippen LogP contribution in [-0.4, -0.2) is 23.2 Å². The minimum absolute atomic E-state index is 0.000519. The lowest BCUT2D eigenvalue weighted by atomic mass is 10.2. The van der Waals surface area contributed by atoms with E-state index in [4.69, 9.17) is 5.11 Å². The SMILES string of the molecule is CC(CO)Sc1cccc(F)c1C=O. The van der Waals surface area contributed by atoms with E-state index in [1.54, 1.807) is 12.1 Å². The maximum absolute atomic E-state index is 13.1. The van der Waals surface area contributed by atoms with E-state index >= 15 is 0 Å². The van der Waals surface area contributed by atoms with Crippen LogP contribution in [0, 0.1) is 5.82 Å². The highest BCUT2D eigenvalue weighted by Crippen LogP contribution is 2.27. The molecule has 0 aliphatic heterocycles. The summed E-state index contributed by atoms with van der Waals surface area (Å²) in [6, 6.07) is 4.47. The lowest BCUT2D eigenvalue weighted by Crippen LogP contribution is -2.03. The largest absolute Gasteiger partial charge is 0.395 e. The second-order valence-corrected chi connectivity index (χ2v) is 4.36. The lowest BCUT2D eigenvalue weighted by molar-refractivity contribution is 0.111. The van der Waals surface area contributed by atoms with E-state index in [-0.39, 0.29) is 17.4 Å². The first-order chi connectivity index (χ1) is 6.69. The van der Waals surface area contributed by atoms with Gasteiger partial charge in [-0.15, -0.1) is 11.8 Å². The Labute approximate surface area is 86.1 Å². The molecule has 0 heterocycles. The molecule has 0 saturated carbocycles. The van der Waals surface area contributed by atoms with Crippen LogP contribution in [0.3, 0.4) is 0 Å². The summed E-state index contributed by atoms with van der Waals surface area (Å²) in [5, 5.41) is 8.78. The first kappa shape index (κ1) is 11.2. The minimum Gasteiger partial charge on any atom is -0.395 e. The quantitative estimate of drug-likeness (QED) is 0.616. The van der Waals surface area contributed by atoms with Gasteiger partial charge in [-0.2, -0.15) is 0 Å². The Morgan fingerprint density at radius 1 is 1.64 bits per heavy atom. The summed E-state index contributed by atoms with van der Waals surface area (Å²) in [4.78, 5) is 11.2. The number of rotatable bonds is 4. The average molecular weight is 214 g/mol. The van der Waals surface area contributed by atoms with Gasteiger partial charge in [0.25, 0.3) is 0 Å². The third-order valence-corrected chi connectivity index (χ3v) is 2.88. The molecule has 0 amide bonds. The van der Waals surface area contributed by atoms with Crippen LogP contribution in [0.15, 0.2) is 23.1 Å². The number of hydrogen-bond donors (Lipinski definition) is 1. The van der Waals surface area contributed by atoms with E-state index in [9.17, 15) is 9.18 Å². The molecule has 0 aliphatic rings. The van der Waals surface area contributed by atoms with Gasteiger partial charge in [-0.1, -0.05) is 13.0 Å². The molecule has 76 valence electrons. The zero-order chi connectivity index (χ0) is 10.6. The summed E-state index contributed by atoms with van der Waals surface area (Å²) in [7, 11) is 0. The van der Waals surface area contributed by atoms with Crippen LogP contribution in [0.25, 0.3) is 0 Å². The van der Waals surface area contributed by atoms with Crippen molar-refractivity contribution in [1.82, 2.24) is 0 Å². The molecular weight excluding hydrogens is 203 g/mol. The van der Waals surface area contributed by atoms with Crippen LogP contribution in [0.5, 0.6) is 0 Å². The summed E-state index contributed by atoms with van der Waals surface area (Å²) in [5.74, 6) is -0.518. The second kappa shape index (κ2) is 5.12. The Kier molecular flexibility index (Phi) is 4.10. The van der Waals surface area contributed by atoms with Crippen LogP contribution in [0.4, 0.5) is 4.39 Å². The fraction of sp³-hybridized carbons (Fsp3) is 0.300. The van der Waals surface area contributed by atoms with Gasteiger partial charge < -0.3 is 5.11 Å². The molecule has 1 atom stereocenters. The molecule has 1 rings (SSSR count). The van der Waals surface area contributed by atoms with Crippen molar-refractivity contribution in [3.8, 4) is 0 Å². The number of aliphatic hydroxyl groups excluding tert-OH is 1. The topological polar surface area (TPSA) is 37.3 Å². The molecule has 2 nitrogen and oxygen atoms in total. The van der Waals surface area contributed by atoms with Gasteiger partial charge in [-0.25, -0.2) is 4.39 Å². The van der Waals surface area contributed by atoms with Crippen LogP contribution in [0.2, 0.25) is 0 Å². The fourth-order valence-electron chi connectivity index (χ4n) is 0.988. The van der Waals surface area contributed by atoms with Gasteiger partial charge in [0.05, 0.1) is 12.2 Å². The van der Waals surface area contributed by atoms with E-state index < -0.39 is 5.82 Å². The average Bonchev–Trinajstić information content (AvgIpc) is 2.18. The number of hydrogen-bond acceptors (Lipinski definition) is 3. The zero-order valence-electron chi connectivity index (χ0n) is 7.74. The highest BCUT2D eigenvalue weighted by Gasteiger charge is 2.10. The summed E-state index contributed by atoms with van der Waals surface area (Å²) >= 11 is 1.29. The zero-order valence-corrected chi connectivity index (χ0v) is 8.55. The molecule has 0 radical (unpaired) electrons. The Morgan fingerprint density at radius 3 is 2.93 bits per heavy atom. The van der Waals surface area contributed by atoms with Gasteiger partial charge in [0.1, 0.15) is 5.82 Å². The summed E-state index contributed by atoms with van der Waals surface area (Å²) in [5.41, 5.74) is 0.0674. The molecule has 0 aliphatic carbocycles. The van der Waals surface area contributed by atoms with Crippen LogP contribution in [-0.2, 0) is 0 Å². The van der Waals surface area contributed by atoms with Gasteiger partial charge in [0, 0.05) is 10.1 Å². The number of carbonyl (C=O) groups excluding carboxylic acids is 1. The summed E-state index contributed by atoms with van der Waals surface area (Å²) in [6.07, 6.45) is 0.502. The van der Waals surface area contributed by atoms with E-state index in [1.165, 1.54) is 17.8 Å². The molecule has 1 aromatic rings. The molecule has 4 heteroatoms. The van der Waals surface area contributed by atoms with Crippen molar-refractivity contribution in [3.63, 3.8) is 0 Å². The molecule has 0 fully saturated rings. The van der Waals surface area contributed by atoms with Crippen molar-refractivity contribution < 1.29 is 14.3 Å². The Balaban J connectivity index is 2.96. The van der Waals surface area contributed by atoms with E-state index in [0.717, 1.165) is 0 Å². The first-order valence-corrected chi connectivity index (χ1v) is 5.08. The maximum atomic E-state index is 13.1. The molecule has 0 saturated heterocycles. The van der Waals surface area contributed by atoms with Gasteiger partial charge >= 0.3 is 0 Å². The lowest BCUT2D eigenvalue weighted by Gasteiger charge is -2.09. The number of thioether (sulfide) groups is 1. The second-order valence-electron chi connectivity index (χ2n) is 2.88. The standard InChI is InChI=1S/C10H11FO2S/c1-7(5-12)14-10-4-2-3-9(11)8(10)6-13/h2-4,6-7,12H,5H2,1H3. The normalized spacial score (nSPS) is 12.5. The minimum atomic E-state index is -0.518. The Bertz CT molecular complexity index is 328. The van der Waals surface area contributed by atoms with Gasteiger partial charge in [-0.05, 0) is 12.1 Å². The number of benzene rings is 1. The molecule has 1 unspecified atom stereocenters. The molecule has 1 aromatic carbocycles. The molecule has 0 bridgehead atoms. The van der Waals surface area contributed by atoms with Crippen molar-refractivity contribution in [1.29, 1.82) is 0 Å². The van der Waals surface area contributed by atoms with Crippen molar-refractivity contribution in [2.45, 2.75) is 17.1 Å². The van der Waals surface area contributed by atoms with Crippen molar-refractivity contribution in [2.75, 3.05) is 6.61 Å². The molecular formula is C10H11FO2S. The Morgan fingerprint density at radius 2 is 2.36 bits per heavy atom. The monoisotopic (exact) mass is 214 g/mol. The fourth-order valence-corrected chi connectivity index (χ4v) is 1.93.